The Balaban J connectivity index is 1.39. The molecule has 2 saturated carbocycles. The number of carbonyl (C=O) groups is 1. The Morgan fingerprint density at radius 2 is 1.96 bits per heavy atom. The number of rotatable bonds is 3. The second-order valence-corrected chi connectivity index (χ2v) is 7.43. The molecule has 2 unspecified atom stereocenters. The lowest BCUT2D eigenvalue weighted by molar-refractivity contribution is -0.133. The molecular weight excluding hydrogens is 291 g/mol. The summed E-state index contributed by atoms with van der Waals surface area (Å²) >= 11 is 0. The van der Waals surface area contributed by atoms with Crippen molar-refractivity contribution in [2.75, 3.05) is 13.1 Å². The normalized spacial score (nSPS) is 30.1. The molecular formula is C19H19FN2O. The van der Waals surface area contributed by atoms with Gasteiger partial charge >= 0.3 is 0 Å². The van der Waals surface area contributed by atoms with E-state index in [2.05, 4.69) is 22.1 Å². The third-order valence-electron chi connectivity index (χ3n) is 6.16. The minimum atomic E-state index is -0.385. The molecule has 23 heavy (non-hydrogen) atoms. The zero-order valence-corrected chi connectivity index (χ0v) is 12.9. The summed E-state index contributed by atoms with van der Waals surface area (Å²) in [6.07, 6.45) is 7.00. The van der Waals surface area contributed by atoms with E-state index >= 15 is 0 Å². The average molecular weight is 310 g/mol. The van der Waals surface area contributed by atoms with Crippen LogP contribution in [0.2, 0.25) is 0 Å². The van der Waals surface area contributed by atoms with Crippen molar-refractivity contribution in [3.8, 4) is 0 Å². The first-order valence-corrected chi connectivity index (χ1v) is 8.33. The number of halogens is 1. The van der Waals surface area contributed by atoms with Gasteiger partial charge in [-0.25, -0.2) is 4.39 Å². The molecule has 1 aromatic heterocycles. The van der Waals surface area contributed by atoms with E-state index in [4.69, 9.17) is 0 Å². The van der Waals surface area contributed by atoms with E-state index in [0.717, 1.165) is 31.5 Å². The molecule has 0 bridgehead atoms. The zero-order chi connectivity index (χ0) is 15.7. The van der Waals surface area contributed by atoms with Crippen LogP contribution in [0.5, 0.6) is 0 Å². The molecule has 1 saturated heterocycles. The summed E-state index contributed by atoms with van der Waals surface area (Å²) < 4.78 is 13.2. The van der Waals surface area contributed by atoms with Crippen molar-refractivity contribution in [2.24, 2.45) is 5.92 Å². The van der Waals surface area contributed by atoms with Crippen molar-refractivity contribution in [3.05, 3.63) is 59.7 Å². The fraction of sp³-hybridized carbons (Fsp3) is 0.421. The predicted octanol–water partition coefficient (Wildman–Crippen LogP) is 2.99. The fourth-order valence-electron chi connectivity index (χ4n) is 4.54. The summed E-state index contributed by atoms with van der Waals surface area (Å²) in [5.74, 6) is 0.600. The molecule has 4 heteroatoms. The molecule has 1 aliphatic heterocycles. The Morgan fingerprint density at radius 3 is 2.61 bits per heavy atom. The second-order valence-electron chi connectivity index (χ2n) is 7.43. The maximum atomic E-state index is 13.2. The van der Waals surface area contributed by atoms with Crippen molar-refractivity contribution in [2.45, 2.75) is 30.1 Å². The molecule has 3 fully saturated rings. The number of piperidine rings is 1. The van der Waals surface area contributed by atoms with E-state index in [1.165, 1.54) is 24.1 Å². The first-order chi connectivity index (χ1) is 11.1. The van der Waals surface area contributed by atoms with Gasteiger partial charge in [0.15, 0.2) is 0 Å². The Bertz CT molecular complexity index is 763. The molecule has 2 heterocycles. The number of benzene rings is 1. The first-order valence-electron chi connectivity index (χ1n) is 8.33. The van der Waals surface area contributed by atoms with Crippen LogP contribution in [0.25, 0.3) is 0 Å². The van der Waals surface area contributed by atoms with Crippen molar-refractivity contribution in [1.29, 1.82) is 0 Å². The van der Waals surface area contributed by atoms with E-state index in [0.29, 0.717) is 5.92 Å². The third-order valence-corrected chi connectivity index (χ3v) is 6.16. The molecule has 0 spiro atoms. The van der Waals surface area contributed by atoms with Gasteiger partial charge in [0, 0.05) is 30.9 Å². The number of likely N-dealkylation sites (tertiary alicyclic amines) is 1. The highest BCUT2D eigenvalue weighted by molar-refractivity contribution is 5.92. The number of fused-ring (bicyclic) bond motifs is 1. The van der Waals surface area contributed by atoms with Crippen LogP contribution in [0.3, 0.4) is 0 Å². The SMILES string of the molecule is O=C(N1CC2CC2(c2cc[nH]c2)C1)C1(c2ccc(F)cc2)CC1. The number of amides is 1. The fourth-order valence-corrected chi connectivity index (χ4v) is 4.54. The van der Waals surface area contributed by atoms with E-state index in [9.17, 15) is 9.18 Å². The van der Waals surface area contributed by atoms with Crippen LogP contribution < -0.4 is 0 Å². The number of hydrogen-bond acceptors (Lipinski definition) is 1. The molecule has 2 aromatic rings. The number of aromatic amines is 1. The van der Waals surface area contributed by atoms with Gasteiger partial charge in [-0.05, 0) is 54.5 Å². The van der Waals surface area contributed by atoms with Gasteiger partial charge in [0.1, 0.15) is 5.82 Å². The van der Waals surface area contributed by atoms with Gasteiger partial charge in [-0.1, -0.05) is 12.1 Å². The molecule has 3 aliphatic rings. The van der Waals surface area contributed by atoms with Crippen LogP contribution in [0.4, 0.5) is 4.39 Å². The summed E-state index contributed by atoms with van der Waals surface area (Å²) in [4.78, 5) is 18.3. The van der Waals surface area contributed by atoms with E-state index < -0.39 is 0 Å². The number of H-pyrrole nitrogens is 1. The highest BCUT2D eigenvalue weighted by atomic mass is 19.1. The number of nitrogens with zero attached hydrogens (tertiary/aromatic N) is 1. The maximum Gasteiger partial charge on any atom is 0.233 e. The maximum absolute atomic E-state index is 13.2. The summed E-state index contributed by atoms with van der Waals surface area (Å²) in [7, 11) is 0. The van der Waals surface area contributed by atoms with Gasteiger partial charge in [0.05, 0.1) is 5.41 Å². The van der Waals surface area contributed by atoms with E-state index in [1.54, 1.807) is 12.1 Å². The highest BCUT2D eigenvalue weighted by Crippen LogP contribution is 2.60. The zero-order valence-electron chi connectivity index (χ0n) is 12.9. The van der Waals surface area contributed by atoms with Crippen molar-refractivity contribution in [1.82, 2.24) is 9.88 Å². The number of carbonyl (C=O) groups excluding carboxylic acids is 1. The van der Waals surface area contributed by atoms with Gasteiger partial charge < -0.3 is 9.88 Å². The molecule has 118 valence electrons. The largest absolute Gasteiger partial charge is 0.367 e. The average Bonchev–Trinajstić information content (AvgIpc) is 3.38. The van der Waals surface area contributed by atoms with Crippen molar-refractivity contribution in [3.63, 3.8) is 0 Å². The van der Waals surface area contributed by atoms with Crippen LogP contribution in [0.1, 0.15) is 30.4 Å². The van der Waals surface area contributed by atoms with Crippen LogP contribution in [-0.2, 0) is 15.6 Å². The number of aromatic nitrogens is 1. The van der Waals surface area contributed by atoms with E-state index in [1.807, 2.05) is 6.20 Å². The molecule has 5 rings (SSSR count). The summed E-state index contributed by atoms with van der Waals surface area (Å²) in [5, 5.41) is 0. The lowest BCUT2D eigenvalue weighted by Crippen LogP contribution is -2.40. The molecule has 0 radical (unpaired) electrons. The summed E-state index contributed by atoms with van der Waals surface area (Å²) in [6.45, 7) is 1.70. The lowest BCUT2D eigenvalue weighted by Gasteiger charge is -2.26. The number of hydrogen-bond donors (Lipinski definition) is 1. The standard InChI is InChI=1S/C19H19FN2O/c20-16-3-1-13(2-4-16)18(6-7-18)17(23)22-11-15-9-19(15,12-22)14-5-8-21-10-14/h1-5,8,10,15,21H,6-7,9,11-12H2. The van der Waals surface area contributed by atoms with E-state index in [-0.39, 0.29) is 22.6 Å². The highest BCUT2D eigenvalue weighted by Gasteiger charge is 2.64. The van der Waals surface area contributed by atoms with Gasteiger partial charge in [-0.2, -0.15) is 0 Å². The van der Waals surface area contributed by atoms with Gasteiger partial charge in [0.2, 0.25) is 5.91 Å². The van der Waals surface area contributed by atoms with Gasteiger partial charge in [0.25, 0.3) is 0 Å². The summed E-state index contributed by atoms with van der Waals surface area (Å²) in [5.41, 5.74) is 2.11. The Kier molecular flexibility index (Phi) is 2.47. The minimum absolute atomic E-state index is 0.189. The summed E-state index contributed by atoms with van der Waals surface area (Å²) in [6, 6.07) is 8.62. The lowest BCUT2D eigenvalue weighted by atomic mass is 9.93. The molecule has 1 aromatic carbocycles. The third kappa shape index (κ3) is 1.78. The molecule has 2 atom stereocenters. The van der Waals surface area contributed by atoms with Crippen molar-refractivity contribution < 1.29 is 9.18 Å². The van der Waals surface area contributed by atoms with Crippen LogP contribution >= 0.6 is 0 Å². The quantitative estimate of drug-likeness (QED) is 0.929. The molecule has 1 amide bonds. The Morgan fingerprint density at radius 1 is 1.17 bits per heavy atom. The second kappa shape index (κ2) is 4.25. The van der Waals surface area contributed by atoms with Crippen LogP contribution in [-0.4, -0.2) is 28.9 Å². The topological polar surface area (TPSA) is 36.1 Å². The van der Waals surface area contributed by atoms with Crippen molar-refractivity contribution >= 4 is 5.91 Å². The Hall–Kier alpha value is -2.10. The smallest absolute Gasteiger partial charge is 0.233 e. The number of nitrogens with one attached hydrogen (secondary N) is 1. The van der Waals surface area contributed by atoms with Crippen LogP contribution in [0.15, 0.2) is 42.7 Å². The predicted molar refractivity (Wildman–Crippen MR) is 84.5 cm³/mol. The molecule has 2 aliphatic carbocycles. The monoisotopic (exact) mass is 310 g/mol. The molecule has 3 nitrogen and oxygen atoms in total. The Labute approximate surface area is 134 Å². The minimum Gasteiger partial charge on any atom is -0.367 e. The first kappa shape index (κ1) is 13.3. The van der Waals surface area contributed by atoms with Crippen LogP contribution in [0, 0.1) is 11.7 Å². The molecule has 1 N–H and O–H groups in total. The van der Waals surface area contributed by atoms with Gasteiger partial charge in [-0.15, -0.1) is 0 Å². The van der Waals surface area contributed by atoms with Gasteiger partial charge in [-0.3, -0.25) is 4.79 Å².